The number of ether oxygens (including phenoxy) is 1. The number of carbonyl (C=O) groups is 1. The zero-order valence-corrected chi connectivity index (χ0v) is 7.80. The van der Waals surface area contributed by atoms with Crippen molar-refractivity contribution in [2.75, 3.05) is 20.3 Å². The number of nitrogens with one attached hydrogen (secondary N) is 1. The molecule has 0 spiro atoms. The minimum absolute atomic E-state index is 0.176. The lowest BCUT2D eigenvalue weighted by molar-refractivity contribution is -0.125. The number of amides is 1. The van der Waals surface area contributed by atoms with Gasteiger partial charge in [-0.25, -0.2) is 0 Å². The third-order valence-electron chi connectivity index (χ3n) is 2.35. The van der Waals surface area contributed by atoms with E-state index in [9.17, 15) is 4.79 Å². The van der Waals surface area contributed by atoms with Crippen molar-refractivity contribution in [3.63, 3.8) is 0 Å². The van der Waals surface area contributed by atoms with Crippen LogP contribution in [0.2, 0.25) is 0 Å². The fourth-order valence-corrected chi connectivity index (χ4v) is 1.25. The summed E-state index contributed by atoms with van der Waals surface area (Å²) in [6.45, 7) is 3.23. The molecular formula is C9H17NO2. The van der Waals surface area contributed by atoms with Gasteiger partial charge in [0.2, 0.25) is 5.91 Å². The van der Waals surface area contributed by atoms with E-state index in [4.69, 9.17) is 4.74 Å². The zero-order valence-electron chi connectivity index (χ0n) is 7.80. The molecule has 0 aromatic carbocycles. The second kappa shape index (κ2) is 4.45. The van der Waals surface area contributed by atoms with Crippen molar-refractivity contribution in [2.45, 2.75) is 19.8 Å². The average molecular weight is 171 g/mol. The Bertz CT molecular complexity index is 155. The minimum Gasteiger partial charge on any atom is -0.383 e. The lowest BCUT2D eigenvalue weighted by atomic mass is 10.1. The Morgan fingerprint density at radius 1 is 1.67 bits per heavy atom. The first-order chi connectivity index (χ1) is 5.75. The molecule has 3 nitrogen and oxygen atoms in total. The number of methoxy groups -OCH3 is 1. The molecule has 0 aromatic rings. The van der Waals surface area contributed by atoms with Crippen molar-refractivity contribution in [1.82, 2.24) is 5.32 Å². The monoisotopic (exact) mass is 171 g/mol. The van der Waals surface area contributed by atoms with Crippen molar-refractivity contribution in [3.8, 4) is 0 Å². The Hall–Kier alpha value is -0.570. The lowest BCUT2D eigenvalue weighted by Crippen LogP contribution is -2.32. The molecule has 70 valence electrons. The third kappa shape index (κ3) is 2.81. The second-order valence-electron chi connectivity index (χ2n) is 3.41. The van der Waals surface area contributed by atoms with Gasteiger partial charge in [0.15, 0.2) is 0 Å². The standard InChI is InChI=1S/C9H17NO2/c1-7(8-3-4-8)9(11)10-5-6-12-2/h7-8H,3-6H2,1-2H3,(H,10,11). The van der Waals surface area contributed by atoms with E-state index in [1.165, 1.54) is 12.8 Å². The van der Waals surface area contributed by atoms with Gasteiger partial charge in [-0.15, -0.1) is 0 Å². The fraction of sp³-hybridized carbons (Fsp3) is 0.889. The van der Waals surface area contributed by atoms with Crippen LogP contribution in [0.4, 0.5) is 0 Å². The SMILES string of the molecule is COCCNC(=O)C(C)C1CC1. The maximum atomic E-state index is 11.3. The van der Waals surface area contributed by atoms with E-state index >= 15 is 0 Å². The topological polar surface area (TPSA) is 38.3 Å². The van der Waals surface area contributed by atoms with Gasteiger partial charge in [0.25, 0.3) is 0 Å². The molecule has 1 aliphatic rings. The highest BCUT2D eigenvalue weighted by molar-refractivity contribution is 5.78. The molecular weight excluding hydrogens is 154 g/mol. The first-order valence-corrected chi connectivity index (χ1v) is 4.52. The molecule has 0 saturated heterocycles. The molecule has 12 heavy (non-hydrogen) atoms. The first kappa shape index (κ1) is 9.52. The Kier molecular flexibility index (Phi) is 3.53. The van der Waals surface area contributed by atoms with Gasteiger partial charge >= 0.3 is 0 Å². The molecule has 0 aliphatic heterocycles. The number of hydrogen-bond donors (Lipinski definition) is 1. The molecule has 1 unspecified atom stereocenters. The molecule has 1 fully saturated rings. The van der Waals surface area contributed by atoms with Crippen LogP contribution < -0.4 is 5.32 Å². The van der Waals surface area contributed by atoms with Gasteiger partial charge < -0.3 is 10.1 Å². The largest absolute Gasteiger partial charge is 0.383 e. The van der Waals surface area contributed by atoms with Crippen molar-refractivity contribution in [3.05, 3.63) is 0 Å². The molecule has 1 aliphatic carbocycles. The van der Waals surface area contributed by atoms with Gasteiger partial charge in [-0.1, -0.05) is 6.92 Å². The van der Waals surface area contributed by atoms with Crippen molar-refractivity contribution < 1.29 is 9.53 Å². The number of rotatable bonds is 5. The van der Waals surface area contributed by atoms with Gasteiger partial charge in [0, 0.05) is 19.6 Å². The van der Waals surface area contributed by atoms with Crippen LogP contribution in [0.25, 0.3) is 0 Å². The summed E-state index contributed by atoms with van der Waals surface area (Å²) in [6, 6.07) is 0. The maximum Gasteiger partial charge on any atom is 0.223 e. The van der Waals surface area contributed by atoms with E-state index in [2.05, 4.69) is 5.32 Å². The van der Waals surface area contributed by atoms with Crippen LogP contribution in [-0.2, 0) is 9.53 Å². The number of hydrogen-bond acceptors (Lipinski definition) is 2. The minimum atomic E-state index is 0.176. The second-order valence-corrected chi connectivity index (χ2v) is 3.41. The molecule has 0 bridgehead atoms. The van der Waals surface area contributed by atoms with Crippen LogP contribution in [0, 0.1) is 11.8 Å². The Morgan fingerprint density at radius 3 is 2.83 bits per heavy atom. The van der Waals surface area contributed by atoms with Crippen molar-refractivity contribution >= 4 is 5.91 Å². The van der Waals surface area contributed by atoms with E-state index in [1.807, 2.05) is 6.92 Å². The third-order valence-corrected chi connectivity index (χ3v) is 2.35. The summed E-state index contributed by atoms with van der Waals surface area (Å²) >= 11 is 0. The highest BCUT2D eigenvalue weighted by atomic mass is 16.5. The molecule has 1 atom stereocenters. The van der Waals surface area contributed by atoms with Crippen LogP contribution in [0.1, 0.15) is 19.8 Å². The van der Waals surface area contributed by atoms with Gasteiger partial charge in [0.05, 0.1) is 6.61 Å². The van der Waals surface area contributed by atoms with Gasteiger partial charge in [-0.2, -0.15) is 0 Å². The maximum absolute atomic E-state index is 11.3. The first-order valence-electron chi connectivity index (χ1n) is 4.52. The fourth-order valence-electron chi connectivity index (χ4n) is 1.25. The highest BCUT2D eigenvalue weighted by Crippen LogP contribution is 2.36. The molecule has 0 aromatic heterocycles. The Labute approximate surface area is 73.5 Å². The molecule has 1 rings (SSSR count). The summed E-state index contributed by atoms with van der Waals surface area (Å²) in [5.41, 5.74) is 0. The Morgan fingerprint density at radius 2 is 2.33 bits per heavy atom. The lowest BCUT2D eigenvalue weighted by Gasteiger charge is -2.09. The van der Waals surface area contributed by atoms with Crippen LogP contribution in [0.3, 0.4) is 0 Å². The molecule has 1 N–H and O–H groups in total. The smallest absolute Gasteiger partial charge is 0.223 e. The van der Waals surface area contributed by atoms with Crippen LogP contribution >= 0.6 is 0 Å². The predicted octanol–water partition coefficient (Wildman–Crippen LogP) is 0.795. The number of carbonyl (C=O) groups excluding carboxylic acids is 1. The van der Waals surface area contributed by atoms with Crippen LogP contribution in [-0.4, -0.2) is 26.2 Å². The van der Waals surface area contributed by atoms with Gasteiger partial charge in [-0.3, -0.25) is 4.79 Å². The van der Waals surface area contributed by atoms with Crippen molar-refractivity contribution in [2.24, 2.45) is 11.8 Å². The summed E-state index contributed by atoms with van der Waals surface area (Å²) in [4.78, 5) is 11.3. The Balaban J connectivity index is 2.09. The van der Waals surface area contributed by atoms with Gasteiger partial charge in [0.1, 0.15) is 0 Å². The van der Waals surface area contributed by atoms with E-state index in [-0.39, 0.29) is 11.8 Å². The van der Waals surface area contributed by atoms with E-state index in [1.54, 1.807) is 7.11 Å². The van der Waals surface area contributed by atoms with E-state index < -0.39 is 0 Å². The summed E-state index contributed by atoms with van der Waals surface area (Å²) in [5.74, 6) is 1.02. The quantitative estimate of drug-likeness (QED) is 0.621. The normalized spacial score (nSPS) is 18.8. The molecule has 0 radical (unpaired) electrons. The summed E-state index contributed by atoms with van der Waals surface area (Å²) in [5, 5.41) is 2.84. The van der Waals surface area contributed by atoms with E-state index in [0.29, 0.717) is 19.1 Å². The summed E-state index contributed by atoms with van der Waals surface area (Å²) in [7, 11) is 1.64. The van der Waals surface area contributed by atoms with E-state index in [0.717, 1.165) is 0 Å². The van der Waals surface area contributed by atoms with Gasteiger partial charge in [-0.05, 0) is 18.8 Å². The highest BCUT2D eigenvalue weighted by Gasteiger charge is 2.32. The molecule has 3 heteroatoms. The molecule has 1 amide bonds. The average Bonchev–Trinajstić information content (AvgIpc) is 2.86. The molecule has 1 saturated carbocycles. The predicted molar refractivity (Wildman–Crippen MR) is 46.8 cm³/mol. The van der Waals surface area contributed by atoms with Crippen LogP contribution in [0.5, 0.6) is 0 Å². The van der Waals surface area contributed by atoms with Crippen LogP contribution in [0.15, 0.2) is 0 Å². The molecule has 0 heterocycles. The van der Waals surface area contributed by atoms with Crippen molar-refractivity contribution in [1.29, 1.82) is 0 Å². The summed E-state index contributed by atoms with van der Waals surface area (Å²) < 4.78 is 4.83. The zero-order chi connectivity index (χ0) is 8.97. The summed E-state index contributed by atoms with van der Waals surface area (Å²) in [6.07, 6.45) is 2.44.